The predicted octanol–water partition coefficient (Wildman–Crippen LogP) is 4.64. The van der Waals surface area contributed by atoms with Crippen LogP contribution in [0, 0.1) is 0 Å². The molecular formula is C24H23ClN2O2. The van der Waals surface area contributed by atoms with Gasteiger partial charge in [0.2, 0.25) is 5.91 Å². The Morgan fingerprint density at radius 1 is 0.931 bits per heavy atom. The summed E-state index contributed by atoms with van der Waals surface area (Å²) in [5.74, 6) is -0.801. The molecule has 2 amide bonds. The summed E-state index contributed by atoms with van der Waals surface area (Å²) in [6.45, 7) is 1.88. The molecule has 2 N–H and O–H groups in total. The van der Waals surface area contributed by atoms with Crippen molar-refractivity contribution < 1.29 is 9.59 Å². The summed E-state index contributed by atoms with van der Waals surface area (Å²) < 4.78 is 0. The highest BCUT2D eigenvalue weighted by Gasteiger charge is 2.33. The summed E-state index contributed by atoms with van der Waals surface area (Å²) >= 11 is 6.17. The number of rotatable bonds is 7. The van der Waals surface area contributed by atoms with Gasteiger partial charge in [0.15, 0.2) is 0 Å². The molecule has 29 heavy (non-hydrogen) atoms. The maximum absolute atomic E-state index is 13.5. The van der Waals surface area contributed by atoms with Gasteiger partial charge < -0.3 is 10.6 Å². The number of halogens is 1. The fourth-order valence-electron chi connectivity index (χ4n) is 3.42. The Morgan fingerprint density at radius 2 is 1.55 bits per heavy atom. The van der Waals surface area contributed by atoms with E-state index >= 15 is 0 Å². The number of nitrogens with zero attached hydrogens (tertiary/aromatic N) is 1. The summed E-state index contributed by atoms with van der Waals surface area (Å²) in [7, 11) is 0. The highest BCUT2D eigenvalue weighted by atomic mass is 35.5. The second-order valence-electron chi connectivity index (χ2n) is 6.92. The number of hydrogen-bond acceptors (Lipinski definition) is 2. The van der Waals surface area contributed by atoms with Crippen LogP contribution in [-0.2, 0) is 11.2 Å². The quantitative estimate of drug-likeness (QED) is 0.621. The summed E-state index contributed by atoms with van der Waals surface area (Å²) in [5.41, 5.74) is 8.05. The van der Waals surface area contributed by atoms with Crippen molar-refractivity contribution in [3.63, 3.8) is 0 Å². The van der Waals surface area contributed by atoms with E-state index in [9.17, 15) is 9.59 Å². The molecule has 0 aromatic heterocycles. The molecule has 3 aromatic rings. The van der Waals surface area contributed by atoms with Gasteiger partial charge in [-0.25, -0.2) is 0 Å². The van der Waals surface area contributed by atoms with E-state index in [4.69, 9.17) is 17.3 Å². The smallest absolute Gasteiger partial charge is 0.255 e. The van der Waals surface area contributed by atoms with Crippen molar-refractivity contribution >= 4 is 23.4 Å². The van der Waals surface area contributed by atoms with Crippen molar-refractivity contribution in [1.82, 2.24) is 4.90 Å². The molecule has 5 heteroatoms. The molecule has 0 radical (unpaired) electrons. The van der Waals surface area contributed by atoms with E-state index in [2.05, 4.69) is 0 Å². The standard InChI is InChI=1S/C24H23ClN2O2/c1-17(20-13-8-14-21(25)16-20)27(24(29)19-11-6-3-7-12-19)22(23(26)28)15-18-9-4-2-5-10-18/h2-14,16-17,22H,15H2,1H3,(H2,26,28)/t17-,22-/m1/s1. The number of primary amides is 1. The summed E-state index contributed by atoms with van der Waals surface area (Å²) in [6.07, 6.45) is 0.333. The molecule has 148 valence electrons. The monoisotopic (exact) mass is 406 g/mol. The molecular weight excluding hydrogens is 384 g/mol. The lowest BCUT2D eigenvalue weighted by Gasteiger charge is -2.35. The first-order valence-electron chi connectivity index (χ1n) is 9.44. The Kier molecular flexibility index (Phi) is 6.68. The number of carbonyl (C=O) groups is 2. The van der Waals surface area contributed by atoms with Crippen molar-refractivity contribution in [2.75, 3.05) is 0 Å². The van der Waals surface area contributed by atoms with Crippen LogP contribution in [0.3, 0.4) is 0 Å². The molecule has 0 bridgehead atoms. The largest absolute Gasteiger partial charge is 0.368 e. The number of hydrogen-bond donors (Lipinski definition) is 1. The molecule has 3 rings (SSSR count). The molecule has 0 aliphatic rings. The molecule has 0 aliphatic carbocycles. The van der Waals surface area contributed by atoms with E-state index < -0.39 is 18.0 Å². The molecule has 0 saturated heterocycles. The molecule has 0 aliphatic heterocycles. The van der Waals surface area contributed by atoms with Crippen molar-refractivity contribution in [1.29, 1.82) is 0 Å². The summed E-state index contributed by atoms with van der Waals surface area (Å²) in [6, 6.07) is 24.6. The van der Waals surface area contributed by atoms with Gasteiger partial charge in [-0.2, -0.15) is 0 Å². The summed E-state index contributed by atoms with van der Waals surface area (Å²) in [4.78, 5) is 27.5. The lowest BCUT2D eigenvalue weighted by Crippen LogP contribution is -2.50. The van der Waals surface area contributed by atoms with Gasteiger partial charge in [0.25, 0.3) is 5.91 Å². The number of nitrogens with two attached hydrogens (primary N) is 1. The Balaban J connectivity index is 2.04. The van der Waals surface area contributed by atoms with E-state index in [1.807, 2.05) is 55.5 Å². The first-order valence-corrected chi connectivity index (χ1v) is 9.81. The zero-order valence-electron chi connectivity index (χ0n) is 16.2. The zero-order valence-corrected chi connectivity index (χ0v) is 16.9. The van der Waals surface area contributed by atoms with Gasteiger partial charge in [-0.1, -0.05) is 72.3 Å². The molecule has 4 nitrogen and oxygen atoms in total. The molecule has 0 saturated carbocycles. The van der Waals surface area contributed by atoms with Crippen LogP contribution in [0.25, 0.3) is 0 Å². The van der Waals surface area contributed by atoms with E-state index in [0.29, 0.717) is 17.0 Å². The average molecular weight is 407 g/mol. The Labute approximate surface area is 175 Å². The molecule has 0 heterocycles. The van der Waals surface area contributed by atoms with Crippen molar-refractivity contribution in [3.05, 3.63) is 107 Å². The highest BCUT2D eigenvalue weighted by molar-refractivity contribution is 6.30. The maximum atomic E-state index is 13.5. The molecule has 0 unspecified atom stereocenters. The number of carbonyl (C=O) groups excluding carboxylic acids is 2. The van der Waals surface area contributed by atoms with Crippen molar-refractivity contribution in [2.45, 2.75) is 25.4 Å². The Hall–Kier alpha value is -3.11. The Morgan fingerprint density at radius 3 is 2.14 bits per heavy atom. The minimum absolute atomic E-state index is 0.252. The second kappa shape index (κ2) is 9.39. The van der Waals surface area contributed by atoms with Crippen LogP contribution < -0.4 is 5.73 Å². The van der Waals surface area contributed by atoms with Crippen LogP contribution in [0.5, 0.6) is 0 Å². The SMILES string of the molecule is C[C@H](c1cccc(Cl)c1)N(C(=O)c1ccccc1)[C@H](Cc1ccccc1)C(N)=O. The topological polar surface area (TPSA) is 63.4 Å². The third-order valence-electron chi connectivity index (χ3n) is 4.94. The molecule has 0 fully saturated rings. The highest BCUT2D eigenvalue weighted by Crippen LogP contribution is 2.28. The zero-order chi connectivity index (χ0) is 20.8. The van der Waals surface area contributed by atoms with Crippen LogP contribution in [-0.4, -0.2) is 22.8 Å². The van der Waals surface area contributed by atoms with E-state index in [1.165, 1.54) is 0 Å². The van der Waals surface area contributed by atoms with Gasteiger partial charge in [-0.15, -0.1) is 0 Å². The fraction of sp³-hybridized carbons (Fsp3) is 0.167. The normalized spacial score (nSPS) is 12.8. The predicted molar refractivity (Wildman–Crippen MR) is 116 cm³/mol. The first-order chi connectivity index (χ1) is 14.0. The first kappa shape index (κ1) is 20.6. The second-order valence-corrected chi connectivity index (χ2v) is 7.35. The maximum Gasteiger partial charge on any atom is 0.255 e. The summed E-state index contributed by atoms with van der Waals surface area (Å²) in [5, 5.41) is 0.570. The van der Waals surface area contributed by atoms with E-state index in [1.54, 1.807) is 41.3 Å². The van der Waals surface area contributed by atoms with Crippen LogP contribution in [0.4, 0.5) is 0 Å². The minimum Gasteiger partial charge on any atom is -0.368 e. The lowest BCUT2D eigenvalue weighted by atomic mass is 9.98. The number of amides is 2. The van der Waals surface area contributed by atoms with Crippen molar-refractivity contribution in [2.24, 2.45) is 5.73 Å². The van der Waals surface area contributed by atoms with Gasteiger partial charge >= 0.3 is 0 Å². The van der Waals surface area contributed by atoms with Crippen LogP contribution >= 0.6 is 11.6 Å². The van der Waals surface area contributed by atoms with Gasteiger partial charge in [0.05, 0.1) is 6.04 Å². The average Bonchev–Trinajstić information content (AvgIpc) is 2.74. The molecule has 0 spiro atoms. The van der Waals surface area contributed by atoms with E-state index in [0.717, 1.165) is 11.1 Å². The molecule has 2 atom stereocenters. The lowest BCUT2D eigenvalue weighted by molar-refractivity contribution is -0.123. The van der Waals surface area contributed by atoms with Gasteiger partial charge in [-0.3, -0.25) is 9.59 Å². The third kappa shape index (κ3) is 5.04. The number of benzene rings is 3. The molecule has 3 aromatic carbocycles. The minimum atomic E-state index is -0.806. The Bertz CT molecular complexity index is 976. The third-order valence-corrected chi connectivity index (χ3v) is 5.17. The van der Waals surface area contributed by atoms with Crippen LogP contribution in [0.1, 0.15) is 34.5 Å². The van der Waals surface area contributed by atoms with Crippen molar-refractivity contribution in [3.8, 4) is 0 Å². The van der Waals surface area contributed by atoms with Gasteiger partial charge in [0.1, 0.15) is 6.04 Å². The van der Waals surface area contributed by atoms with Gasteiger partial charge in [0, 0.05) is 17.0 Å². The van der Waals surface area contributed by atoms with Crippen LogP contribution in [0.15, 0.2) is 84.9 Å². The van der Waals surface area contributed by atoms with Gasteiger partial charge in [-0.05, 0) is 42.3 Å². The fourth-order valence-corrected chi connectivity index (χ4v) is 3.62. The van der Waals surface area contributed by atoms with E-state index in [-0.39, 0.29) is 5.91 Å². The van der Waals surface area contributed by atoms with Crippen LogP contribution in [0.2, 0.25) is 5.02 Å².